The number of likely N-dealkylation sites (N-methyl/N-ethyl adjacent to an activating group) is 1. The number of pyridine rings is 2. The van der Waals surface area contributed by atoms with Gasteiger partial charge < -0.3 is 16.0 Å². The molecule has 1 unspecified atom stereocenters. The molecule has 0 spiro atoms. The molecule has 0 saturated heterocycles. The van der Waals surface area contributed by atoms with Crippen LogP contribution in [-0.2, 0) is 6.18 Å². The minimum Gasteiger partial charge on any atom is -0.397 e. The van der Waals surface area contributed by atoms with Gasteiger partial charge in [-0.05, 0) is 37.1 Å². The van der Waals surface area contributed by atoms with Crippen LogP contribution in [0.5, 0.6) is 0 Å². The Morgan fingerprint density at radius 2 is 1.93 bits per heavy atom. The van der Waals surface area contributed by atoms with Crippen molar-refractivity contribution in [1.82, 2.24) is 14.9 Å². The summed E-state index contributed by atoms with van der Waals surface area (Å²) in [6.07, 6.45) is -3.65. The summed E-state index contributed by atoms with van der Waals surface area (Å²) in [6, 6.07) is 5.34. The summed E-state index contributed by atoms with van der Waals surface area (Å²) >= 11 is 0. The fourth-order valence-corrected chi connectivity index (χ4v) is 2.75. The maximum Gasteiger partial charge on any atom is 0.417 e. The summed E-state index contributed by atoms with van der Waals surface area (Å²) in [4.78, 5) is 22.4. The molecule has 28 heavy (non-hydrogen) atoms. The van der Waals surface area contributed by atoms with E-state index in [4.69, 9.17) is 5.73 Å². The number of hydrogen-bond donors (Lipinski definition) is 2. The molecule has 0 bridgehead atoms. The maximum absolute atomic E-state index is 12.8. The van der Waals surface area contributed by atoms with Crippen molar-refractivity contribution >= 4 is 17.4 Å². The predicted molar refractivity (Wildman–Crippen MR) is 102 cm³/mol. The zero-order valence-electron chi connectivity index (χ0n) is 16.2. The van der Waals surface area contributed by atoms with Crippen LogP contribution in [0.4, 0.5) is 24.7 Å². The number of nitrogens with zero attached hydrogens (tertiary/aromatic N) is 3. The fourth-order valence-electron chi connectivity index (χ4n) is 2.75. The predicted octanol–water partition coefficient (Wildman–Crippen LogP) is 3.59. The number of halogens is 3. The van der Waals surface area contributed by atoms with Crippen LogP contribution in [0.3, 0.4) is 0 Å². The Kier molecular flexibility index (Phi) is 6.48. The van der Waals surface area contributed by atoms with E-state index in [0.717, 1.165) is 12.3 Å². The zero-order chi connectivity index (χ0) is 21.1. The van der Waals surface area contributed by atoms with Crippen molar-refractivity contribution in [3.63, 3.8) is 0 Å². The second kappa shape index (κ2) is 8.45. The van der Waals surface area contributed by atoms with Crippen LogP contribution in [0, 0.1) is 12.8 Å². The van der Waals surface area contributed by atoms with Crippen LogP contribution in [0.1, 0.15) is 35.6 Å². The third kappa shape index (κ3) is 5.11. The lowest BCUT2D eigenvalue weighted by Crippen LogP contribution is -2.45. The van der Waals surface area contributed by atoms with Gasteiger partial charge in [-0.25, -0.2) is 9.97 Å². The molecular weight excluding hydrogens is 371 g/mol. The van der Waals surface area contributed by atoms with Gasteiger partial charge in [0.2, 0.25) is 0 Å². The number of aryl methyl sites for hydroxylation is 1. The summed E-state index contributed by atoms with van der Waals surface area (Å²) in [5.74, 6) is 0.0525. The molecule has 0 fully saturated rings. The molecule has 152 valence electrons. The normalized spacial score (nSPS) is 12.7. The molecule has 2 aromatic heterocycles. The maximum atomic E-state index is 12.8. The van der Waals surface area contributed by atoms with E-state index in [1.807, 2.05) is 13.8 Å². The third-order valence-corrected chi connectivity index (χ3v) is 4.44. The van der Waals surface area contributed by atoms with Crippen LogP contribution in [-0.4, -0.2) is 40.4 Å². The number of amides is 1. The van der Waals surface area contributed by atoms with Gasteiger partial charge in [0.1, 0.15) is 5.82 Å². The van der Waals surface area contributed by atoms with Gasteiger partial charge >= 0.3 is 6.18 Å². The number of nitrogen functional groups attached to an aromatic ring is 1. The highest BCUT2D eigenvalue weighted by molar-refractivity contribution is 5.97. The highest BCUT2D eigenvalue weighted by Gasteiger charge is 2.31. The van der Waals surface area contributed by atoms with Crippen LogP contribution < -0.4 is 11.1 Å². The summed E-state index contributed by atoms with van der Waals surface area (Å²) < 4.78 is 37.9. The Bertz CT molecular complexity index is 821. The first kappa shape index (κ1) is 21.5. The Balaban J connectivity index is 2.12. The quantitative estimate of drug-likeness (QED) is 0.781. The van der Waals surface area contributed by atoms with Gasteiger partial charge in [0.05, 0.1) is 17.3 Å². The van der Waals surface area contributed by atoms with Crippen LogP contribution in [0.2, 0.25) is 0 Å². The van der Waals surface area contributed by atoms with Crippen molar-refractivity contribution in [2.75, 3.05) is 24.6 Å². The van der Waals surface area contributed by atoms with Crippen molar-refractivity contribution in [3.8, 4) is 0 Å². The topological polar surface area (TPSA) is 84.1 Å². The number of carbonyl (C=O) groups is 1. The Labute approximate surface area is 162 Å². The lowest BCUT2D eigenvalue weighted by Gasteiger charge is -2.31. The molecule has 2 aromatic rings. The molecule has 0 saturated carbocycles. The zero-order valence-corrected chi connectivity index (χ0v) is 16.2. The highest BCUT2D eigenvalue weighted by Crippen LogP contribution is 2.29. The summed E-state index contributed by atoms with van der Waals surface area (Å²) in [7, 11) is 1.65. The monoisotopic (exact) mass is 395 g/mol. The number of nitrogens with one attached hydrogen (secondary N) is 1. The average molecular weight is 395 g/mol. The van der Waals surface area contributed by atoms with Gasteiger partial charge in [-0.3, -0.25) is 4.79 Å². The molecule has 0 aliphatic heterocycles. The minimum atomic E-state index is -4.43. The van der Waals surface area contributed by atoms with Crippen molar-refractivity contribution in [2.24, 2.45) is 5.92 Å². The van der Waals surface area contributed by atoms with Crippen molar-refractivity contribution < 1.29 is 18.0 Å². The molecule has 0 radical (unpaired) electrons. The van der Waals surface area contributed by atoms with Gasteiger partial charge in [-0.2, -0.15) is 13.2 Å². The molecule has 9 heteroatoms. The Hall–Kier alpha value is -2.84. The van der Waals surface area contributed by atoms with Crippen molar-refractivity contribution in [1.29, 1.82) is 0 Å². The molecule has 2 heterocycles. The van der Waals surface area contributed by atoms with Gasteiger partial charge in [0, 0.05) is 25.5 Å². The number of nitrogens with two attached hydrogens (primary N) is 1. The molecule has 1 amide bonds. The molecule has 1 atom stereocenters. The van der Waals surface area contributed by atoms with E-state index in [9.17, 15) is 18.0 Å². The highest BCUT2D eigenvalue weighted by atomic mass is 19.4. The van der Waals surface area contributed by atoms with E-state index in [-0.39, 0.29) is 23.6 Å². The van der Waals surface area contributed by atoms with E-state index in [2.05, 4.69) is 15.3 Å². The number of carbonyl (C=O) groups excluding carboxylic acids is 1. The van der Waals surface area contributed by atoms with Gasteiger partial charge in [-0.1, -0.05) is 13.8 Å². The average Bonchev–Trinajstić information content (AvgIpc) is 2.62. The summed E-state index contributed by atoms with van der Waals surface area (Å²) in [5, 5.41) is 2.99. The van der Waals surface area contributed by atoms with Crippen LogP contribution in [0.15, 0.2) is 30.5 Å². The Morgan fingerprint density at radius 1 is 1.25 bits per heavy atom. The standard InChI is InChI=1S/C19H24F3N5O/c1-11(2)15(10-25-16-8-6-13(9-24-16)19(20,21)22)27(4)18(28)17-14(23)7-5-12(3)26-17/h5-9,11,15H,10,23H2,1-4H3,(H,24,25). The van der Waals surface area contributed by atoms with E-state index in [0.29, 0.717) is 23.7 Å². The summed E-state index contributed by atoms with van der Waals surface area (Å²) in [5.41, 5.74) is 6.23. The van der Waals surface area contributed by atoms with Gasteiger partial charge in [0.25, 0.3) is 5.91 Å². The molecule has 6 nitrogen and oxygen atoms in total. The first-order valence-corrected chi connectivity index (χ1v) is 8.78. The lowest BCUT2D eigenvalue weighted by atomic mass is 10.0. The Morgan fingerprint density at radius 3 is 2.46 bits per heavy atom. The van der Waals surface area contributed by atoms with Gasteiger partial charge in [-0.15, -0.1) is 0 Å². The molecule has 0 aliphatic carbocycles. The molecular formula is C19H24F3N5O. The first-order valence-electron chi connectivity index (χ1n) is 8.78. The molecule has 0 aromatic carbocycles. The van der Waals surface area contributed by atoms with Crippen LogP contribution >= 0.6 is 0 Å². The largest absolute Gasteiger partial charge is 0.417 e. The van der Waals surface area contributed by atoms with E-state index in [1.165, 1.54) is 6.07 Å². The van der Waals surface area contributed by atoms with Crippen LogP contribution in [0.25, 0.3) is 0 Å². The van der Waals surface area contributed by atoms with E-state index < -0.39 is 11.7 Å². The second-order valence-electron chi connectivity index (χ2n) is 6.93. The minimum absolute atomic E-state index is 0.0712. The summed E-state index contributed by atoms with van der Waals surface area (Å²) in [6.45, 7) is 5.98. The number of alkyl halides is 3. The smallest absolute Gasteiger partial charge is 0.397 e. The van der Waals surface area contributed by atoms with E-state index >= 15 is 0 Å². The number of aromatic nitrogens is 2. The molecule has 0 aliphatic rings. The van der Waals surface area contributed by atoms with Gasteiger partial charge in [0.15, 0.2) is 5.69 Å². The number of hydrogen-bond acceptors (Lipinski definition) is 5. The number of rotatable bonds is 6. The second-order valence-corrected chi connectivity index (χ2v) is 6.93. The molecule has 2 rings (SSSR count). The molecule has 3 N–H and O–H groups in total. The van der Waals surface area contributed by atoms with Crippen molar-refractivity contribution in [2.45, 2.75) is 33.0 Å². The van der Waals surface area contributed by atoms with Crippen molar-refractivity contribution in [3.05, 3.63) is 47.4 Å². The van der Waals surface area contributed by atoms with E-state index in [1.54, 1.807) is 31.0 Å². The first-order chi connectivity index (χ1) is 13.0. The fraction of sp³-hybridized carbons (Fsp3) is 0.421. The number of anilines is 2. The lowest BCUT2D eigenvalue weighted by molar-refractivity contribution is -0.137. The SMILES string of the molecule is Cc1ccc(N)c(C(=O)N(C)C(CNc2ccc(C(F)(F)F)cn2)C(C)C)n1. The third-order valence-electron chi connectivity index (χ3n) is 4.44.